The second-order valence-corrected chi connectivity index (χ2v) is 10.5. The highest BCUT2D eigenvalue weighted by Gasteiger charge is 2.71. The zero-order valence-electron chi connectivity index (χ0n) is 16.1. The normalized spacial score (nSPS) is 37.4. The number of nitrogens with one attached hydrogen (secondary N) is 1. The zero-order valence-corrected chi connectivity index (χ0v) is 18.2. The van der Waals surface area contributed by atoms with Crippen LogP contribution in [0.3, 0.4) is 0 Å². The molecule has 2 aromatic heterocycles. The molecule has 0 bridgehead atoms. The van der Waals surface area contributed by atoms with Crippen molar-refractivity contribution < 1.29 is 15.3 Å². The van der Waals surface area contributed by atoms with Gasteiger partial charge in [0.05, 0.1) is 25.1 Å². The molecule has 4 saturated carbocycles. The van der Waals surface area contributed by atoms with Gasteiger partial charge >= 0.3 is 0 Å². The summed E-state index contributed by atoms with van der Waals surface area (Å²) in [5, 5.41) is 34.7. The standard InChI is InChI=1S/C20H26IN5O3/c21-19-24-17(23-12(10-4-5-10)9-2-1-3-9)13-18(25-19)26(8-22-13)14-11-6-20(11,7-27)16(29)15(14)28/h8-12,14-16,27-29H,1-7H2,(H,23,24,25)/t11-,12+,14-,15+,16+,20?/m1/s1. The summed E-state index contributed by atoms with van der Waals surface area (Å²) in [5.41, 5.74) is 0.828. The number of fused-ring (bicyclic) bond motifs is 2. The van der Waals surface area contributed by atoms with Gasteiger partial charge in [0.1, 0.15) is 6.10 Å². The average Bonchev–Trinajstić information content (AvgIpc) is 3.56. The van der Waals surface area contributed by atoms with E-state index in [-0.39, 0.29) is 18.6 Å². The first-order valence-corrected chi connectivity index (χ1v) is 11.7. The highest BCUT2D eigenvalue weighted by molar-refractivity contribution is 14.1. The van der Waals surface area contributed by atoms with Crippen LogP contribution in [0.5, 0.6) is 0 Å². The highest BCUT2D eigenvalue weighted by Crippen LogP contribution is 2.67. The number of imidazole rings is 1. The van der Waals surface area contributed by atoms with Gasteiger partial charge in [-0.25, -0.2) is 15.0 Å². The van der Waals surface area contributed by atoms with Gasteiger partial charge in [-0.05, 0) is 49.9 Å². The van der Waals surface area contributed by atoms with E-state index >= 15 is 0 Å². The molecule has 9 heteroatoms. The van der Waals surface area contributed by atoms with Gasteiger partial charge in [-0.15, -0.1) is 0 Å². The van der Waals surface area contributed by atoms with Crippen LogP contribution in [0.15, 0.2) is 6.33 Å². The number of aromatic nitrogens is 4. The summed E-state index contributed by atoms with van der Waals surface area (Å²) in [5.74, 6) is 2.26. The molecule has 0 aliphatic heterocycles. The summed E-state index contributed by atoms with van der Waals surface area (Å²) < 4.78 is 2.53. The minimum Gasteiger partial charge on any atom is -0.396 e. The van der Waals surface area contributed by atoms with E-state index in [0.29, 0.717) is 21.9 Å². The molecule has 6 atom stereocenters. The van der Waals surface area contributed by atoms with Gasteiger partial charge in [-0.3, -0.25) is 0 Å². The third-order valence-corrected chi connectivity index (χ3v) is 8.44. The SMILES string of the molecule is OCC12C[C@@H]1[C@@H](n1cnc3c(N[C@@H](C4CCC4)C4CC4)nc(I)nc31)[C@H](O)[C@@H]2O. The van der Waals surface area contributed by atoms with Gasteiger partial charge < -0.3 is 25.2 Å². The van der Waals surface area contributed by atoms with Crippen LogP contribution >= 0.6 is 22.6 Å². The first-order chi connectivity index (χ1) is 14.0. The number of aliphatic hydroxyl groups excluding tert-OH is 3. The van der Waals surface area contributed by atoms with E-state index in [9.17, 15) is 15.3 Å². The predicted octanol–water partition coefficient (Wildman–Crippen LogP) is 1.70. The summed E-state index contributed by atoms with van der Waals surface area (Å²) in [7, 11) is 0. The number of hydrogen-bond donors (Lipinski definition) is 4. The molecule has 4 N–H and O–H groups in total. The Labute approximate surface area is 182 Å². The first kappa shape index (κ1) is 18.7. The van der Waals surface area contributed by atoms with Crippen molar-refractivity contribution in [2.75, 3.05) is 11.9 Å². The minimum absolute atomic E-state index is 0.0353. The summed E-state index contributed by atoms with van der Waals surface area (Å²) >= 11 is 2.13. The van der Waals surface area contributed by atoms with E-state index in [4.69, 9.17) is 0 Å². The third kappa shape index (κ3) is 2.69. The summed E-state index contributed by atoms with van der Waals surface area (Å²) in [6.45, 7) is -0.108. The first-order valence-electron chi connectivity index (χ1n) is 10.7. The van der Waals surface area contributed by atoms with Crippen LogP contribution in [-0.2, 0) is 0 Å². The number of rotatable bonds is 6. The molecule has 29 heavy (non-hydrogen) atoms. The highest BCUT2D eigenvalue weighted by atomic mass is 127. The fraction of sp³-hybridized carbons (Fsp3) is 0.750. The number of nitrogens with zero attached hydrogens (tertiary/aromatic N) is 4. The third-order valence-electron chi connectivity index (χ3n) is 7.95. The smallest absolute Gasteiger partial charge is 0.194 e. The maximum Gasteiger partial charge on any atom is 0.194 e. The molecule has 4 aliphatic rings. The van der Waals surface area contributed by atoms with Crippen molar-refractivity contribution in [1.29, 1.82) is 0 Å². The van der Waals surface area contributed by atoms with Gasteiger partial charge in [0.2, 0.25) is 0 Å². The number of aliphatic hydroxyl groups is 3. The predicted molar refractivity (Wildman–Crippen MR) is 114 cm³/mol. The molecule has 1 unspecified atom stereocenters. The van der Waals surface area contributed by atoms with Crippen molar-refractivity contribution in [2.45, 2.75) is 62.8 Å². The van der Waals surface area contributed by atoms with Crippen LogP contribution in [0.1, 0.15) is 44.6 Å². The van der Waals surface area contributed by atoms with Crippen LogP contribution in [0, 0.1) is 27.0 Å². The maximum absolute atomic E-state index is 10.7. The van der Waals surface area contributed by atoms with E-state index in [1.165, 1.54) is 32.1 Å². The van der Waals surface area contributed by atoms with E-state index in [0.717, 1.165) is 23.2 Å². The van der Waals surface area contributed by atoms with Crippen LogP contribution in [0.4, 0.5) is 5.82 Å². The molecular formula is C20H26IN5O3. The summed E-state index contributed by atoms with van der Waals surface area (Å²) in [4.78, 5) is 13.9. The second-order valence-electron chi connectivity index (χ2n) is 9.49. The summed E-state index contributed by atoms with van der Waals surface area (Å²) in [6, 6.07) is 0.124. The fourth-order valence-corrected chi connectivity index (χ4v) is 6.26. The van der Waals surface area contributed by atoms with Crippen LogP contribution in [-0.4, -0.2) is 59.7 Å². The Balaban J connectivity index is 1.37. The molecular weight excluding hydrogens is 485 g/mol. The molecule has 4 aliphatic carbocycles. The molecule has 0 aromatic carbocycles. The lowest BCUT2D eigenvalue weighted by atomic mass is 9.78. The number of anilines is 1. The molecule has 6 rings (SSSR count). The van der Waals surface area contributed by atoms with Gasteiger partial charge in [-0.1, -0.05) is 6.42 Å². The Hall–Kier alpha value is -1.04. The quantitative estimate of drug-likeness (QED) is 0.345. The van der Waals surface area contributed by atoms with Gasteiger partial charge in [0, 0.05) is 34.0 Å². The molecule has 4 fully saturated rings. The Morgan fingerprint density at radius 1 is 1.21 bits per heavy atom. The average molecular weight is 511 g/mol. The molecule has 0 radical (unpaired) electrons. The van der Waals surface area contributed by atoms with Crippen molar-refractivity contribution in [2.24, 2.45) is 23.2 Å². The Bertz CT molecular complexity index is 961. The topological polar surface area (TPSA) is 116 Å². The van der Waals surface area contributed by atoms with Crippen molar-refractivity contribution in [3.8, 4) is 0 Å². The van der Waals surface area contributed by atoms with Crippen molar-refractivity contribution in [1.82, 2.24) is 19.5 Å². The fourth-order valence-electron chi connectivity index (χ4n) is 5.79. The maximum atomic E-state index is 10.7. The van der Waals surface area contributed by atoms with Crippen LogP contribution < -0.4 is 5.32 Å². The van der Waals surface area contributed by atoms with Crippen LogP contribution in [0.25, 0.3) is 11.2 Å². The molecule has 0 spiro atoms. The molecule has 2 heterocycles. The Morgan fingerprint density at radius 3 is 2.59 bits per heavy atom. The van der Waals surface area contributed by atoms with Crippen molar-refractivity contribution in [3.05, 3.63) is 10.2 Å². The van der Waals surface area contributed by atoms with E-state index < -0.39 is 17.6 Å². The van der Waals surface area contributed by atoms with E-state index in [2.05, 4.69) is 42.9 Å². The Kier molecular flexibility index (Phi) is 4.18. The monoisotopic (exact) mass is 511 g/mol. The minimum atomic E-state index is -0.934. The molecule has 0 amide bonds. The van der Waals surface area contributed by atoms with E-state index in [1.54, 1.807) is 6.33 Å². The van der Waals surface area contributed by atoms with Crippen molar-refractivity contribution >= 4 is 39.6 Å². The lowest BCUT2D eigenvalue weighted by Gasteiger charge is -2.35. The number of hydrogen-bond acceptors (Lipinski definition) is 7. The Morgan fingerprint density at radius 2 is 1.97 bits per heavy atom. The second kappa shape index (κ2) is 6.48. The lowest BCUT2D eigenvalue weighted by molar-refractivity contribution is -0.0300. The summed E-state index contributed by atoms with van der Waals surface area (Å²) in [6.07, 6.45) is 7.02. The zero-order chi connectivity index (χ0) is 19.9. The van der Waals surface area contributed by atoms with E-state index in [1.807, 2.05) is 4.57 Å². The number of halogens is 1. The molecule has 2 aromatic rings. The van der Waals surface area contributed by atoms with Gasteiger partial charge in [-0.2, -0.15) is 0 Å². The molecule has 156 valence electrons. The molecule has 0 saturated heterocycles. The van der Waals surface area contributed by atoms with Gasteiger partial charge in [0.15, 0.2) is 20.8 Å². The molecule has 8 nitrogen and oxygen atoms in total. The lowest BCUT2D eigenvalue weighted by Crippen LogP contribution is -2.36. The van der Waals surface area contributed by atoms with Crippen LogP contribution in [0.2, 0.25) is 0 Å². The largest absolute Gasteiger partial charge is 0.396 e. The van der Waals surface area contributed by atoms with Gasteiger partial charge in [0.25, 0.3) is 0 Å². The van der Waals surface area contributed by atoms with Crippen molar-refractivity contribution in [3.63, 3.8) is 0 Å².